The zero-order valence-corrected chi connectivity index (χ0v) is 7.71. The van der Waals surface area contributed by atoms with Gasteiger partial charge in [-0.1, -0.05) is 24.4 Å². The van der Waals surface area contributed by atoms with Crippen molar-refractivity contribution in [3.63, 3.8) is 0 Å². The number of aromatic nitrogens is 2. The van der Waals surface area contributed by atoms with Gasteiger partial charge in [-0.3, -0.25) is 4.98 Å². The highest BCUT2D eigenvalue weighted by atomic mass is 32.1. The summed E-state index contributed by atoms with van der Waals surface area (Å²) in [6.07, 6.45) is 1.76. The Kier molecular flexibility index (Phi) is 2.19. The third kappa shape index (κ3) is 1.81. The second kappa shape index (κ2) is 3.49. The number of aromatic amines is 1. The van der Waals surface area contributed by atoms with E-state index in [2.05, 4.69) is 9.97 Å². The van der Waals surface area contributed by atoms with Crippen LogP contribution in [-0.2, 0) is 0 Å². The summed E-state index contributed by atoms with van der Waals surface area (Å²) in [6, 6.07) is 11.5. The van der Waals surface area contributed by atoms with Gasteiger partial charge in [0.05, 0.1) is 11.4 Å². The number of pyridine rings is 2. The minimum atomic E-state index is 0.725. The van der Waals surface area contributed by atoms with Crippen LogP contribution in [0, 0.1) is 4.64 Å². The zero-order valence-electron chi connectivity index (χ0n) is 6.90. The molecule has 1 N–H and O–H groups in total. The first-order valence-electron chi connectivity index (χ1n) is 3.97. The van der Waals surface area contributed by atoms with E-state index < -0.39 is 0 Å². The fourth-order valence-corrected chi connectivity index (χ4v) is 1.31. The van der Waals surface area contributed by atoms with Crippen LogP contribution in [0.5, 0.6) is 0 Å². The summed E-state index contributed by atoms with van der Waals surface area (Å²) in [4.78, 5) is 7.29. The monoisotopic (exact) mass is 188 g/mol. The molecule has 64 valence electrons. The lowest BCUT2D eigenvalue weighted by Gasteiger charge is -1.98. The lowest BCUT2D eigenvalue weighted by Crippen LogP contribution is -1.85. The molecule has 0 aliphatic heterocycles. The molecule has 0 saturated heterocycles. The van der Waals surface area contributed by atoms with E-state index in [0.29, 0.717) is 0 Å². The van der Waals surface area contributed by atoms with E-state index in [-0.39, 0.29) is 0 Å². The Morgan fingerprint density at radius 1 is 1.08 bits per heavy atom. The largest absolute Gasteiger partial charge is 0.345 e. The Bertz CT molecular complexity index is 448. The summed E-state index contributed by atoms with van der Waals surface area (Å²) in [5.41, 5.74) is 1.86. The molecule has 0 fully saturated rings. The van der Waals surface area contributed by atoms with Crippen molar-refractivity contribution in [1.29, 1.82) is 0 Å². The lowest BCUT2D eigenvalue weighted by molar-refractivity contribution is 1.23. The quantitative estimate of drug-likeness (QED) is 0.697. The van der Waals surface area contributed by atoms with Gasteiger partial charge in [0.25, 0.3) is 0 Å². The Hall–Kier alpha value is -1.48. The molecular formula is C10H8N2S. The molecule has 0 saturated carbocycles. The highest BCUT2D eigenvalue weighted by molar-refractivity contribution is 7.71. The van der Waals surface area contributed by atoms with E-state index in [1.165, 1.54) is 0 Å². The first-order chi connectivity index (χ1) is 6.36. The van der Waals surface area contributed by atoms with Crippen LogP contribution in [0.3, 0.4) is 0 Å². The molecule has 0 bridgehead atoms. The number of hydrogen-bond donors (Lipinski definition) is 1. The smallest absolute Gasteiger partial charge is 0.103 e. The van der Waals surface area contributed by atoms with E-state index in [9.17, 15) is 0 Å². The maximum Gasteiger partial charge on any atom is 0.103 e. The molecule has 0 aliphatic carbocycles. The average Bonchev–Trinajstić information content (AvgIpc) is 2.19. The predicted molar refractivity (Wildman–Crippen MR) is 54.9 cm³/mol. The number of nitrogens with zero attached hydrogens (tertiary/aromatic N) is 1. The summed E-state index contributed by atoms with van der Waals surface area (Å²) in [5, 5.41) is 0. The highest BCUT2D eigenvalue weighted by Crippen LogP contribution is 2.11. The first kappa shape index (κ1) is 8.13. The van der Waals surface area contributed by atoms with Gasteiger partial charge >= 0.3 is 0 Å². The van der Waals surface area contributed by atoms with Crippen molar-refractivity contribution < 1.29 is 0 Å². The molecule has 0 aromatic carbocycles. The number of rotatable bonds is 1. The molecule has 2 rings (SSSR count). The summed E-state index contributed by atoms with van der Waals surface area (Å²) >= 11 is 5.02. The van der Waals surface area contributed by atoms with Gasteiger partial charge in [0.1, 0.15) is 4.64 Å². The van der Waals surface area contributed by atoms with Gasteiger partial charge < -0.3 is 4.98 Å². The van der Waals surface area contributed by atoms with Gasteiger partial charge in [0, 0.05) is 6.20 Å². The zero-order chi connectivity index (χ0) is 9.10. The Labute approximate surface area is 81.3 Å². The molecule has 2 aromatic rings. The van der Waals surface area contributed by atoms with Crippen LogP contribution in [-0.4, -0.2) is 9.97 Å². The van der Waals surface area contributed by atoms with Gasteiger partial charge in [-0.15, -0.1) is 0 Å². The summed E-state index contributed by atoms with van der Waals surface area (Å²) in [7, 11) is 0. The van der Waals surface area contributed by atoms with E-state index in [1.54, 1.807) is 6.20 Å². The molecule has 2 aromatic heterocycles. The van der Waals surface area contributed by atoms with Crippen molar-refractivity contribution in [1.82, 2.24) is 9.97 Å². The van der Waals surface area contributed by atoms with Crippen molar-refractivity contribution in [2.45, 2.75) is 0 Å². The topological polar surface area (TPSA) is 28.7 Å². The first-order valence-corrected chi connectivity index (χ1v) is 4.38. The molecule has 0 aliphatic rings. The lowest BCUT2D eigenvalue weighted by atomic mass is 10.2. The molecule has 3 heteroatoms. The average molecular weight is 188 g/mol. The van der Waals surface area contributed by atoms with Crippen LogP contribution in [0.2, 0.25) is 0 Å². The maximum absolute atomic E-state index is 5.02. The van der Waals surface area contributed by atoms with Crippen LogP contribution in [0.4, 0.5) is 0 Å². The second-order valence-corrected chi connectivity index (χ2v) is 3.08. The third-order valence-electron chi connectivity index (χ3n) is 1.71. The number of nitrogens with one attached hydrogen (secondary N) is 1. The Morgan fingerprint density at radius 2 is 2.00 bits per heavy atom. The van der Waals surface area contributed by atoms with Crippen LogP contribution in [0.1, 0.15) is 0 Å². The van der Waals surface area contributed by atoms with E-state index >= 15 is 0 Å². The molecule has 0 amide bonds. The van der Waals surface area contributed by atoms with Crippen LogP contribution in [0.15, 0.2) is 42.6 Å². The maximum atomic E-state index is 5.02. The number of hydrogen-bond acceptors (Lipinski definition) is 2. The molecule has 0 spiro atoms. The van der Waals surface area contributed by atoms with Crippen molar-refractivity contribution in [3.05, 3.63) is 47.2 Å². The molecule has 13 heavy (non-hydrogen) atoms. The number of H-pyrrole nitrogens is 1. The van der Waals surface area contributed by atoms with Gasteiger partial charge in [-0.25, -0.2) is 0 Å². The van der Waals surface area contributed by atoms with Crippen molar-refractivity contribution >= 4 is 12.2 Å². The molecular weight excluding hydrogens is 180 g/mol. The molecule has 0 unspecified atom stereocenters. The van der Waals surface area contributed by atoms with Gasteiger partial charge in [-0.2, -0.15) is 0 Å². The van der Waals surface area contributed by atoms with Crippen LogP contribution >= 0.6 is 12.2 Å². The van der Waals surface area contributed by atoms with Gasteiger partial charge in [0.2, 0.25) is 0 Å². The molecule has 0 radical (unpaired) electrons. The minimum absolute atomic E-state index is 0.725. The summed E-state index contributed by atoms with van der Waals surface area (Å²) in [6.45, 7) is 0. The fourth-order valence-electron chi connectivity index (χ4n) is 1.12. The van der Waals surface area contributed by atoms with Crippen molar-refractivity contribution in [3.8, 4) is 11.4 Å². The molecule has 2 heterocycles. The van der Waals surface area contributed by atoms with E-state index in [0.717, 1.165) is 16.0 Å². The normalized spacial score (nSPS) is 9.85. The van der Waals surface area contributed by atoms with Crippen molar-refractivity contribution in [2.75, 3.05) is 0 Å². The van der Waals surface area contributed by atoms with Crippen LogP contribution in [0.25, 0.3) is 11.4 Å². The molecule has 2 nitrogen and oxygen atoms in total. The molecule has 0 atom stereocenters. The summed E-state index contributed by atoms with van der Waals surface area (Å²) < 4.78 is 0.725. The predicted octanol–water partition coefficient (Wildman–Crippen LogP) is 2.81. The van der Waals surface area contributed by atoms with E-state index in [1.807, 2.05) is 36.4 Å². The Balaban J connectivity index is 2.54. The second-order valence-electron chi connectivity index (χ2n) is 2.64. The highest BCUT2D eigenvalue weighted by Gasteiger charge is 1.95. The standard InChI is InChI=1S/C10H8N2S/c13-10-6-3-5-9(12-10)8-4-1-2-7-11-8/h1-7H,(H,12,13). The van der Waals surface area contributed by atoms with Crippen LogP contribution < -0.4 is 0 Å². The SMILES string of the molecule is S=c1cccc(-c2ccccn2)[nH]1. The Morgan fingerprint density at radius 3 is 2.69 bits per heavy atom. The fraction of sp³-hybridized carbons (Fsp3) is 0. The third-order valence-corrected chi connectivity index (χ3v) is 1.95. The van der Waals surface area contributed by atoms with Gasteiger partial charge in [0.15, 0.2) is 0 Å². The van der Waals surface area contributed by atoms with Crippen molar-refractivity contribution in [2.24, 2.45) is 0 Å². The summed E-state index contributed by atoms with van der Waals surface area (Å²) in [5.74, 6) is 0. The van der Waals surface area contributed by atoms with Gasteiger partial charge in [-0.05, 0) is 24.3 Å². The minimum Gasteiger partial charge on any atom is -0.345 e. The van der Waals surface area contributed by atoms with E-state index in [4.69, 9.17) is 12.2 Å².